The zero-order chi connectivity index (χ0) is 14.4. The first-order valence-electron chi connectivity index (χ1n) is 7.98. The topological polar surface area (TPSA) is 18.5 Å². The summed E-state index contributed by atoms with van der Waals surface area (Å²) in [4.78, 5) is 5.17. The second kappa shape index (κ2) is 7.77. The van der Waals surface area contributed by atoms with Crippen molar-refractivity contribution in [2.24, 2.45) is 0 Å². The number of piperazine rings is 1. The van der Waals surface area contributed by atoms with Crippen LogP contribution < -0.4 is 5.32 Å². The van der Waals surface area contributed by atoms with Gasteiger partial charge < -0.3 is 10.2 Å². The summed E-state index contributed by atoms with van der Waals surface area (Å²) in [5, 5.41) is 3.46. The van der Waals surface area contributed by atoms with Crippen molar-refractivity contribution in [3.63, 3.8) is 0 Å². The monoisotopic (exact) mass is 275 g/mol. The predicted molar refractivity (Wildman–Crippen MR) is 86.2 cm³/mol. The van der Waals surface area contributed by atoms with Gasteiger partial charge in [0.05, 0.1) is 0 Å². The third-order valence-electron chi connectivity index (χ3n) is 4.38. The summed E-state index contributed by atoms with van der Waals surface area (Å²) in [5.41, 5.74) is 2.81. The zero-order valence-corrected chi connectivity index (χ0v) is 13.2. The van der Waals surface area contributed by atoms with Crippen LogP contribution in [0.3, 0.4) is 0 Å². The summed E-state index contributed by atoms with van der Waals surface area (Å²) in [6.45, 7) is 14.6. The highest BCUT2D eigenvalue weighted by Gasteiger charge is 2.23. The number of rotatable bonds is 6. The molecule has 3 heteroatoms. The minimum Gasteiger partial charge on any atom is -0.314 e. The fraction of sp³-hybridized carbons (Fsp3) is 0.647. The molecule has 0 spiro atoms. The molecular weight excluding hydrogens is 246 g/mol. The molecule has 1 atom stereocenters. The molecule has 1 N–H and O–H groups in total. The molecule has 20 heavy (non-hydrogen) atoms. The highest BCUT2D eigenvalue weighted by Crippen LogP contribution is 2.23. The number of hydrogen-bond acceptors (Lipinski definition) is 3. The largest absolute Gasteiger partial charge is 0.314 e. The molecule has 0 aliphatic carbocycles. The summed E-state index contributed by atoms with van der Waals surface area (Å²) in [6, 6.07) is 9.63. The molecule has 0 bridgehead atoms. The Kier molecular flexibility index (Phi) is 6.02. The molecule has 0 aromatic heterocycles. The molecule has 2 rings (SSSR count). The lowest BCUT2D eigenvalue weighted by Crippen LogP contribution is -2.48. The molecule has 1 fully saturated rings. The average molecular weight is 275 g/mol. The van der Waals surface area contributed by atoms with Gasteiger partial charge in [-0.05, 0) is 25.6 Å². The Balaban J connectivity index is 2.15. The maximum absolute atomic E-state index is 3.46. The summed E-state index contributed by atoms with van der Waals surface area (Å²) < 4.78 is 0. The molecule has 1 aromatic carbocycles. The van der Waals surface area contributed by atoms with Gasteiger partial charge in [-0.3, -0.25) is 4.90 Å². The smallest absolute Gasteiger partial charge is 0.0476 e. The van der Waals surface area contributed by atoms with Crippen molar-refractivity contribution in [1.82, 2.24) is 15.1 Å². The lowest BCUT2D eigenvalue weighted by atomic mass is 10.0. The van der Waals surface area contributed by atoms with Crippen molar-refractivity contribution in [3.05, 3.63) is 35.4 Å². The van der Waals surface area contributed by atoms with E-state index in [4.69, 9.17) is 0 Å². The quantitative estimate of drug-likeness (QED) is 0.859. The van der Waals surface area contributed by atoms with Crippen LogP contribution in [0.2, 0.25) is 0 Å². The molecule has 1 aromatic rings. The highest BCUT2D eigenvalue weighted by atomic mass is 15.2. The molecule has 3 nitrogen and oxygen atoms in total. The van der Waals surface area contributed by atoms with Gasteiger partial charge >= 0.3 is 0 Å². The first-order valence-corrected chi connectivity index (χ1v) is 7.98. The van der Waals surface area contributed by atoms with E-state index in [9.17, 15) is 0 Å². The predicted octanol–water partition coefficient (Wildman–Crippen LogP) is 2.28. The zero-order valence-electron chi connectivity index (χ0n) is 13.2. The Bertz CT molecular complexity index is 378. The maximum atomic E-state index is 3.46. The first kappa shape index (κ1) is 15.5. The Morgan fingerprint density at radius 2 is 1.70 bits per heavy atom. The second-order valence-electron chi connectivity index (χ2n) is 5.70. The Morgan fingerprint density at radius 3 is 2.25 bits per heavy atom. The lowest BCUT2D eigenvalue weighted by Gasteiger charge is -2.37. The number of likely N-dealkylation sites (N-methyl/N-ethyl adjacent to an activating group) is 1. The minimum atomic E-state index is 0.526. The van der Waals surface area contributed by atoms with Crippen LogP contribution in [-0.4, -0.2) is 55.6 Å². The number of nitrogens with zero attached hydrogens (tertiary/aromatic N) is 2. The molecule has 0 amide bonds. The van der Waals surface area contributed by atoms with E-state index in [2.05, 4.69) is 60.2 Å². The van der Waals surface area contributed by atoms with E-state index in [1.165, 1.54) is 11.1 Å². The Morgan fingerprint density at radius 1 is 1.10 bits per heavy atom. The molecule has 1 saturated heterocycles. The molecule has 1 aliphatic rings. The van der Waals surface area contributed by atoms with Crippen molar-refractivity contribution in [2.45, 2.75) is 26.8 Å². The van der Waals surface area contributed by atoms with Gasteiger partial charge in [0.2, 0.25) is 0 Å². The van der Waals surface area contributed by atoms with Crippen molar-refractivity contribution in [1.29, 1.82) is 0 Å². The number of nitrogens with one attached hydrogen (secondary N) is 1. The van der Waals surface area contributed by atoms with Crippen LogP contribution in [0.5, 0.6) is 0 Å². The molecule has 0 saturated carbocycles. The summed E-state index contributed by atoms with van der Waals surface area (Å²) >= 11 is 0. The Hall–Kier alpha value is -0.900. The molecule has 1 unspecified atom stereocenters. The van der Waals surface area contributed by atoms with Gasteiger partial charge in [-0.25, -0.2) is 0 Å². The van der Waals surface area contributed by atoms with Gasteiger partial charge in [0, 0.05) is 38.8 Å². The number of hydrogen-bond donors (Lipinski definition) is 1. The van der Waals surface area contributed by atoms with E-state index in [0.29, 0.717) is 6.04 Å². The van der Waals surface area contributed by atoms with Gasteiger partial charge in [-0.1, -0.05) is 43.7 Å². The fourth-order valence-corrected chi connectivity index (χ4v) is 2.94. The minimum absolute atomic E-state index is 0.526. The maximum Gasteiger partial charge on any atom is 0.0476 e. The van der Waals surface area contributed by atoms with Crippen LogP contribution in [0.4, 0.5) is 0 Å². The lowest BCUT2D eigenvalue weighted by molar-refractivity contribution is 0.129. The molecule has 0 radical (unpaired) electrons. The average Bonchev–Trinajstić information content (AvgIpc) is 2.51. The summed E-state index contributed by atoms with van der Waals surface area (Å²) in [6.07, 6.45) is 0. The van der Waals surface area contributed by atoms with Crippen molar-refractivity contribution in [3.8, 4) is 0 Å². The van der Waals surface area contributed by atoms with Gasteiger partial charge in [0.15, 0.2) is 0 Å². The van der Waals surface area contributed by atoms with E-state index < -0.39 is 0 Å². The van der Waals surface area contributed by atoms with Crippen LogP contribution in [0.15, 0.2) is 24.3 Å². The van der Waals surface area contributed by atoms with Gasteiger partial charge in [0.25, 0.3) is 0 Å². The van der Waals surface area contributed by atoms with Crippen molar-refractivity contribution < 1.29 is 0 Å². The summed E-state index contributed by atoms with van der Waals surface area (Å²) in [5.74, 6) is 0. The summed E-state index contributed by atoms with van der Waals surface area (Å²) in [7, 11) is 0. The normalized spacial score (nSPS) is 18.4. The van der Waals surface area contributed by atoms with E-state index in [0.717, 1.165) is 45.8 Å². The standard InChI is InChI=1S/C17H29N3/c1-4-19(5-2)14-17(20-12-10-18-11-13-20)16-8-6-15(3)7-9-16/h6-9,17-18H,4-5,10-14H2,1-3H3. The van der Waals surface area contributed by atoms with E-state index >= 15 is 0 Å². The molecular formula is C17H29N3. The third kappa shape index (κ3) is 4.05. The second-order valence-corrected chi connectivity index (χ2v) is 5.70. The number of benzene rings is 1. The first-order chi connectivity index (χ1) is 9.74. The van der Waals surface area contributed by atoms with Crippen LogP contribution in [0.1, 0.15) is 31.0 Å². The number of aryl methyl sites for hydroxylation is 1. The van der Waals surface area contributed by atoms with Gasteiger partial charge in [0.1, 0.15) is 0 Å². The van der Waals surface area contributed by atoms with Crippen molar-refractivity contribution in [2.75, 3.05) is 45.8 Å². The van der Waals surface area contributed by atoms with Crippen molar-refractivity contribution >= 4 is 0 Å². The fourth-order valence-electron chi connectivity index (χ4n) is 2.94. The van der Waals surface area contributed by atoms with Crippen LogP contribution in [-0.2, 0) is 0 Å². The Labute approximate surface area is 124 Å². The molecule has 112 valence electrons. The van der Waals surface area contributed by atoms with E-state index in [1.54, 1.807) is 0 Å². The molecule has 1 heterocycles. The van der Waals surface area contributed by atoms with Crippen LogP contribution in [0.25, 0.3) is 0 Å². The van der Waals surface area contributed by atoms with E-state index in [-0.39, 0.29) is 0 Å². The third-order valence-corrected chi connectivity index (χ3v) is 4.38. The van der Waals surface area contributed by atoms with Crippen LogP contribution in [0, 0.1) is 6.92 Å². The van der Waals surface area contributed by atoms with Gasteiger partial charge in [-0.15, -0.1) is 0 Å². The van der Waals surface area contributed by atoms with Gasteiger partial charge in [-0.2, -0.15) is 0 Å². The molecule has 1 aliphatic heterocycles. The highest BCUT2D eigenvalue weighted by molar-refractivity contribution is 5.24. The SMILES string of the molecule is CCN(CC)CC(c1ccc(C)cc1)N1CCNCC1. The van der Waals surface area contributed by atoms with Crippen LogP contribution >= 0.6 is 0 Å². The van der Waals surface area contributed by atoms with E-state index in [1.807, 2.05) is 0 Å².